The van der Waals surface area contributed by atoms with E-state index in [0.717, 1.165) is 29.8 Å². The molecule has 3 rings (SSSR count). The summed E-state index contributed by atoms with van der Waals surface area (Å²) >= 11 is 3.85. The van der Waals surface area contributed by atoms with Gasteiger partial charge in [-0.3, -0.25) is 4.90 Å². The maximum absolute atomic E-state index is 4.84. The Balaban J connectivity index is 1.64. The monoisotopic (exact) mass is 395 g/mol. The summed E-state index contributed by atoms with van der Waals surface area (Å²) in [4.78, 5) is 13.4. The topological polar surface area (TPSA) is 52.6 Å². The van der Waals surface area contributed by atoms with Gasteiger partial charge in [0.1, 0.15) is 0 Å². The highest BCUT2D eigenvalue weighted by Gasteiger charge is 2.39. The fourth-order valence-electron chi connectivity index (χ4n) is 4.14. The van der Waals surface area contributed by atoms with Gasteiger partial charge in [0.15, 0.2) is 5.96 Å². The third kappa shape index (κ3) is 4.93. The molecule has 7 heteroatoms. The van der Waals surface area contributed by atoms with E-state index in [-0.39, 0.29) is 0 Å². The molecule has 1 saturated heterocycles. The van der Waals surface area contributed by atoms with E-state index in [0.29, 0.717) is 12.1 Å². The predicted octanol–water partition coefficient (Wildman–Crippen LogP) is 3.18. The molecule has 5 nitrogen and oxygen atoms in total. The van der Waals surface area contributed by atoms with Gasteiger partial charge in [-0.15, -0.1) is 11.3 Å². The summed E-state index contributed by atoms with van der Waals surface area (Å²) in [6.45, 7) is 11.3. The molecule has 0 aromatic carbocycles. The molecule has 0 bridgehead atoms. The Kier molecular flexibility index (Phi) is 7.23. The van der Waals surface area contributed by atoms with Crippen molar-refractivity contribution in [3.8, 4) is 0 Å². The number of guanidine groups is 1. The molecule has 0 spiro atoms. The molecule has 1 aromatic heterocycles. The Bertz CT molecular complexity index is 601. The van der Waals surface area contributed by atoms with Gasteiger partial charge in [-0.2, -0.15) is 11.8 Å². The van der Waals surface area contributed by atoms with E-state index in [2.05, 4.69) is 53.1 Å². The summed E-state index contributed by atoms with van der Waals surface area (Å²) in [5.74, 6) is 3.50. The van der Waals surface area contributed by atoms with Gasteiger partial charge in [0, 0.05) is 48.1 Å². The smallest absolute Gasteiger partial charge is 0.191 e. The van der Waals surface area contributed by atoms with Crippen LogP contribution in [0.5, 0.6) is 0 Å². The first-order valence-corrected chi connectivity index (χ1v) is 11.9. The molecule has 2 aliphatic rings. The molecular weight excluding hydrogens is 362 g/mol. The lowest BCUT2D eigenvalue weighted by Crippen LogP contribution is -2.57. The number of aliphatic imine (C=N–C) groups is 1. The number of nitrogens with one attached hydrogen (secondary N) is 2. The van der Waals surface area contributed by atoms with E-state index in [1.807, 2.05) is 0 Å². The maximum Gasteiger partial charge on any atom is 0.191 e. The second kappa shape index (κ2) is 9.42. The van der Waals surface area contributed by atoms with Crippen LogP contribution in [0.15, 0.2) is 4.99 Å². The van der Waals surface area contributed by atoms with Crippen LogP contribution in [0.4, 0.5) is 0 Å². The average Bonchev–Trinajstić information content (AvgIpc) is 3.25. The van der Waals surface area contributed by atoms with Crippen molar-refractivity contribution in [2.75, 3.05) is 37.7 Å². The molecule has 1 aliphatic carbocycles. The molecule has 1 aliphatic heterocycles. The van der Waals surface area contributed by atoms with Crippen LogP contribution in [0.3, 0.4) is 0 Å². The number of aromatic nitrogens is 1. The van der Waals surface area contributed by atoms with Gasteiger partial charge in [-0.25, -0.2) is 9.98 Å². The van der Waals surface area contributed by atoms with Gasteiger partial charge in [0.05, 0.1) is 17.2 Å². The summed E-state index contributed by atoms with van der Waals surface area (Å²) in [5, 5.41) is 8.22. The third-order valence-electron chi connectivity index (χ3n) is 5.53. The van der Waals surface area contributed by atoms with Gasteiger partial charge in [-0.1, -0.05) is 12.8 Å². The highest BCUT2D eigenvalue weighted by molar-refractivity contribution is 7.99. The first kappa shape index (κ1) is 20.0. The zero-order valence-corrected chi connectivity index (χ0v) is 18.1. The van der Waals surface area contributed by atoms with Gasteiger partial charge >= 0.3 is 0 Å². The first-order valence-electron chi connectivity index (χ1n) is 9.91. The highest BCUT2D eigenvalue weighted by atomic mass is 32.2. The van der Waals surface area contributed by atoms with E-state index in [4.69, 9.17) is 4.99 Å². The number of nitrogens with zero attached hydrogens (tertiary/aromatic N) is 3. The van der Waals surface area contributed by atoms with E-state index in [9.17, 15) is 0 Å². The van der Waals surface area contributed by atoms with Crippen molar-refractivity contribution < 1.29 is 0 Å². The van der Waals surface area contributed by atoms with Crippen molar-refractivity contribution in [2.45, 2.75) is 58.5 Å². The summed E-state index contributed by atoms with van der Waals surface area (Å²) in [6.07, 6.45) is 5.35. The van der Waals surface area contributed by atoms with Gasteiger partial charge < -0.3 is 10.6 Å². The van der Waals surface area contributed by atoms with Crippen LogP contribution in [-0.4, -0.2) is 59.1 Å². The Morgan fingerprint density at radius 1 is 1.19 bits per heavy atom. The predicted molar refractivity (Wildman–Crippen MR) is 115 cm³/mol. The first-order chi connectivity index (χ1) is 12.6. The minimum atomic E-state index is 0.328. The number of thioether (sulfide) groups is 1. The van der Waals surface area contributed by atoms with Crippen molar-refractivity contribution in [3.05, 3.63) is 15.6 Å². The molecule has 2 N–H and O–H groups in total. The van der Waals surface area contributed by atoms with Gasteiger partial charge in [0.2, 0.25) is 0 Å². The van der Waals surface area contributed by atoms with Crippen molar-refractivity contribution in [1.82, 2.24) is 20.5 Å². The van der Waals surface area contributed by atoms with Crippen molar-refractivity contribution in [1.29, 1.82) is 0 Å². The fraction of sp³-hybridized carbons (Fsp3) is 0.789. The molecule has 0 unspecified atom stereocenters. The van der Waals surface area contributed by atoms with Crippen LogP contribution in [-0.2, 0) is 6.54 Å². The van der Waals surface area contributed by atoms with Crippen LogP contribution in [0.25, 0.3) is 0 Å². The average molecular weight is 396 g/mol. The molecule has 0 atom stereocenters. The van der Waals surface area contributed by atoms with Crippen molar-refractivity contribution in [2.24, 2.45) is 4.99 Å². The molecule has 2 heterocycles. The quantitative estimate of drug-likeness (QED) is 0.572. The lowest BCUT2D eigenvalue weighted by atomic mass is 9.94. The number of rotatable bonds is 6. The number of thiazole rings is 1. The van der Waals surface area contributed by atoms with E-state index in [1.165, 1.54) is 55.2 Å². The molecule has 1 saturated carbocycles. The Morgan fingerprint density at radius 3 is 2.54 bits per heavy atom. The zero-order chi connectivity index (χ0) is 18.4. The maximum atomic E-state index is 4.84. The number of hydrogen-bond donors (Lipinski definition) is 2. The zero-order valence-electron chi connectivity index (χ0n) is 16.4. The summed E-state index contributed by atoms with van der Waals surface area (Å²) in [7, 11) is 0. The van der Waals surface area contributed by atoms with Crippen LogP contribution < -0.4 is 10.6 Å². The molecule has 26 heavy (non-hydrogen) atoms. The molecule has 2 fully saturated rings. The van der Waals surface area contributed by atoms with E-state index >= 15 is 0 Å². The lowest BCUT2D eigenvalue weighted by molar-refractivity contribution is 0.107. The van der Waals surface area contributed by atoms with Gasteiger partial charge in [-0.05, 0) is 33.6 Å². The lowest BCUT2D eigenvalue weighted by Gasteiger charge is -2.43. The minimum Gasteiger partial charge on any atom is -0.357 e. The Hall–Kier alpha value is -0.790. The Labute approximate surface area is 166 Å². The summed E-state index contributed by atoms with van der Waals surface area (Å²) in [5.41, 5.74) is 1.44. The van der Waals surface area contributed by atoms with Gasteiger partial charge in [0.25, 0.3) is 0 Å². The number of hydrogen-bond acceptors (Lipinski definition) is 5. The van der Waals surface area contributed by atoms with E-state index < -0.39 is 0 Å². The van der Waals surface area contributed by atoms with Crippen LogP contribution in [0.1, 0.15) is 48.2 Å². The fourth-order valence-corrected chi connectivity index (χ4v) is 5.90. The van der Waals surface area contributed by atoms with Crippen LogP contribution in [0.2, 0.25) is 0 Å². The molecule has 1 aromatic rings. The third-order valence-corrected chi connectivity index (χ3v) is 7.53. The second-order valence-corrected chi connectivity index (χ2v) is 9.83. The number of aryl methyl sites for hydroxylation is 2. The SMILES string of the molecule is CCNC(=NCc1sc(C)nc1C)NCC1(N2CCSCC2)CCCC1. The van der Waals surface area contributed by atoms with Crippen molar-refractivity contribution in [3.63, 3.8) is 0 Å². The normalized spacial score (nSPS) is 21.1. The standard InChI is InChI=1S/C19H33N5S2/c1-4-20-18(21-13-17-15(2)23-16(3)26-17)22-14-19(7-5-6-8-19)24-9-11-25-12-10-24/h4-14H2,1-3H3,(H2,20,21,22). The van der Waals surface area contributed by atoms with Crippen LogP contribution in [0, 0.1) is 13.8 Å². The van der Waals surface area contributed by atoms with E-state index in [1.54, 1.807) is 11.3 Å². The van der Waals surface area contributed by atoms with Crippen molar-refractivity contribution >= 4 is 29.1 Å². The Morgan fingerprint density at radius 2 is 1.92 bits per heavy atom. The molecule has 0 radical (unpaired) electrons. The minimum absolute atomic E-state index is 0.328. The molecule has 146 valence electrons. The van der Waals surface area contributed by atoms with Crippen LogP contribution >= 0.6 is 23.1 Å². The summed E-state index contributed by atoms with van der Waals surface area (Å²) in [6, 6.07) is 0. The molecular formula is C19H33N5S2. The highest BCUT2D eigenvalue weighted by Crippen LogP contribution is 2.36. The largest absolute Gasteiger partial charge is 0.357 e. The molecule has 0 amide bonds. The summed E-state index contributed by atoms with van der Waals surface area (Å²) < 4.78 is 0. The second-order valence-electron chi connectivity index (χ2n) is 7.32.